The lowest BCUT2D eigenvalue weighted by atomic mass is 10.1. The fourth-order valence-corrected chi connectivity index (χ4v) is 4.75. The van der Waals surface area contributed by atoms with E-state index in [0.29, 0.717) is 37.6 Å². The highest BCUT2D eigenvalue weighted by atomic mass is 16.5. The van der Waals surface area contributed by atoms with Crippen molar-refractivity contribution in [1.82, 2.24) is 24.5 Å². The smallest absolute Gasteiger partial charge is 0.253 e. The van der Waals surface area contributed by atoms with Gasteiger partial charge in [0.2, 0.25) is 5.95 Å². The molecule has 0 bridgehead atoms. The fraction of sp³-hybridized carbons (Fsp3) is 0.214. The van der Waals surface area contributed by atoms with Crippen molar-refractivity contribution in [1.29, 1.82) is 0 Å². The van der Waals surface area contributed by atoms with E-state index in [0.717, 1.165) is 39.6 Å². The van der Waals surface area contributed by atoms with Crippen molar-refractivity contribution in [2.75, 3.05) is 45.3 Å². The molecule has 1 aliphatic rings. The van der Waals surface area contributed by atoms with Gasteiger partial charge >= 0.3 is 0 Å². The van der Waals surface area contributed by atoms with E-state index in [1.54, 1.807) is 26.4 Å². The van der Waals surface area contributed by atoms with Crippen molar-refractivity contribution in [2.45, 2.75) is 0 Å². The first-order valence-corrected chi connectivity index (χ1v) is 12.1. The molecule has 0 radical (unpaired) electrons. The van der Waals surface area contributed by atoms with Gasteiger partial charge in [0.1, 0.15) is 11.5 Å². The summed E-state index contributed by atoms with van der Waals surface area (Å²) in [6.45, 7) is 2.44. The van der Waals surface area contributed by atoms with E-state index in [1.165, 1.54) is 0 Å². The standard InChI is InChI=1S/C28H26N6O3/c1-36-21-12-10-19(11-13-21)27(35)32-14-16-33(17-15-32)28-29-24-9-4-3-8-23(24)26-31-30-25(34(26)28)20-6-5-7-22(18-20)37-2/h3-13,18H,14-17H2,1-2H3. The number of fused-ring (bicyclic) bond motifs is 3. The van der Waals surface area contributed by atoms with Gasteiger partial charge in [0, 0.05) is 42.7 Å². The van der Waals surface area contributed by atoms with Gasteiger partial charge in [-0.1, -0.05) is 24.3 Å². The molecule has 2 aromatic heterocycles. The fourth-order valence-electron chi connectivity index (χ4n) is 4.75. The number of piperazine rings is 1. The van der Waals surface area contributed by atoms with Crippen LogP contribution in [0, 0.1) is 0 Å². The summed E-state index contributed by atoms with van der Waals surface area (Å²) in [5.41, 5.74) is 3.14. The first-order chi connectivity index (χ1) is 18.2. The molecule has 1 aliphatic heterocycles. The van der Waals surface area contributed by atoms with Crippen LogP contribution < -0.4 is 14.4 Å². The highest BCUT2D eigenvalue weighted by molar-refractivity contribution is 5.95. The molecular weight excluding hydrogens is 468 g/mol. The van der Waals surface area contributed by atoms with Gasteiger partial charge < -0.3 is 19.3 Å². The lowest BCUT2D eigenvalue weighted by Crippen LogP contribution is -2.49. The second kappa shape index (κ2) is 9.42. The second-order valence-corrected chi connectivity index (χ2v) is 8.85. The molecule has 0 saturated carbocycles. The molecule has 1 fully saturated rings. The Morgan fingerprint density at radius 1 is 0.811 bits per heavy atom. The van der Waals surface area contributed by atoms with Crippen molar-refractivity contribution in [3.8, 4) is 22.9 Å². The number of ether oxygens (including phenoxy) is 2. The van der Waals surface area contributed by atoms with E-state index in [1.807, 2.05) is 70.0 Å². The Hall–Kier alpha value is -4.66. The molecule has 1 amide bonds. The van der Waals surface area contributed by atoms with E-state index in [-0.39, 0.29) is 5.91 Å². The Morgan fingerprint density at radius 3 is 2.32 bits per heavy atom. The van der Waals surface area contributed by atoms with Crippen LogP contribution in [0.5, 0.6) is 11.5 Å². The second-order valence-electron chi connectivity index (χ2n) is 8.85. The summed E-state index contributed by atoms with van der Waals surface area (Å²) in [5.74, 6) is 2.94. The number of anilines is 1. The lowest BCUT2D eigenvalue weighted by molar-refractivity contribution is 0.0746. The summed E-state index contributed by atoms with van der Waals surface area (Å²) in [6, 6.07) is 23.0. The van der Waals surface area contributed by atoms with Gasteiger partial charge in [-0.25, -0.2) is 9.38 Å². The molecule has 3 aromatic carbocycles. The number of amides is 1. The minimum Gasteiger partial charge on any atom is -0.497 e. The highest BCUT2D eigenvalue weighted by Crippen LogP contribution is 2.30. The summed E-state index contributed by atoms with van der Waals surface area (Å²) in [5, 5.41) is 10.1. The van der Waals surface area contributed by atoms with Gasteiger partial charge in [-0.05, 0) is 48.5 Å². The average Bonchev–Trinajstić information content (AvgIpc) is 3.42. The van der Waals surface area contributed by atoms with Crippen LogP contribution >= 0.6 is 0 Å². The maximum atomic E-state index is 13.1. The third-order valence-corrected chi connectivity index (χ3v) is 6.74. The summed E-state index contributed by atoms with van der Waals surface area (Å²) in [7, 11) is 3.26. The number of methoxy groups -OCH3 is 2. The molecule has 0 aliphatic carbocycles. The van der Waals surface area contributed by atoms with E-state index >= 15 is 0 Å². The Balaban J connectivity index is 1.35. The lowest BCUT2D eigenvalue weighted by Gasteiger charge is -2.35. The van der Waals surface area contributed by atoms with E-state index < -0.39 is 0 Å². The number of carbonyl (C=O) groups is 1. The molecule has 37 heavy (non-hydrogen) atoms. The van der Waals surface area contributed by atoms with Crippen LogP contribution in [0.1, 0.15) is 10.4 Å². The first-order valence-electron chi connectivity index (χ1n) is 12.1. The molecule has 0 spiro atoms. The molecule has 3 heterocycles. The molecular formula is C28H26N6O3. The number of nitrogens with zero attached hydrogens (tertiary/aromatic N) is 6. The number of carbonyl (C=O) groups excluding carboxylic acids is 1. The summed E-state index contributed by atoms with van der Waals surface area (Å²) < 4.78 is 12.7. The van der Waals surface area contributed by atoms with Gasteiger partial charge in [0.25, 0.3) is 5.91 Å². The Kier molecular flexibility index (Phi) is 5.80. The zero-order chi connectivity index (χ0) is 25.4. The Morgan fingerprint density at radius 2 is 1.57 bits per heavy atom. The topological polar surface area (TPSA) is 85.1 Å². The van der Waals surface area contributed by atoms with E-state index in [2.05, 4.69) is 15.1 Å². The Bertz CT molecular complexity index is 1590. The zero-order valence-electron chi connectivity index (χ0n) is 20.7. The van der Waals surface area contributed by atoms with Crippen LogP contribution in [0.2, 0.25) is 0 Å². The van der Waals surface area contributed by atoms with Crippen molar-refractivity contribution in [3.05, 3.63) is 78.4 Å². The van der Waals surface area contributed by atoms with E-state index in [9.17, 15) is 4.79 Å². The summed E-state index contributed by atoms with van der Waals surface area (Å²) in [4.78, 5) is 22.2. The van der Waals surface area contributed by atoms with E-state index in [4.69, 9.17) is 14.5 Å². The maximum Gasteiger partial charge on any atom is 0.253 e. The maximum absolute atomic E-state index is 13.1. The van der Waals surface area contributed by atoms with Crippen molar-refractivity contribution in [2.24, 2.45) is 0 Å². The number of para-hydroxylation sites is 1. The van der Waals surface area contributed by atoms with Crippen molar-refractivity contribution in [3.63, 3.8) is 0 Å². The third kappa shape index (κ3) is 4.08. The van der Waals surface area contributed by atoms with Gasteiger partial charge in [-0.2, -0.15) is 0 Å². The Labute approximate surface area is 213 Å². The molecule has 0 N–H and O–H groups in total. The van der Waals surface area contributed by atoms with Gasteiger partial charge in [0.05, 0.1) is 19.7 Å². The number of hydrogen-bond acceptors (Lipinski definition) is 7. The predicted molar refractivity (Wildman–Crippen MR) is 141 cm³/mol. The zero-order valence-corrected chi connectivity index (χ0v) is 20.7. The molecule has 1 saturated heterocycles. The predicted octanol–water partition coefficient (Wildman–Crippen LogP) is 3.92. The molecule has 0 unspecified atom stereocenters. The quantitative estimate of drug-likeness (QED) is 0.366. The SMILES string of the molecule is COc1ccc(C(=O)N2CCN(c3nc4ccccc4c4nnc(-c5cccc(OC)c5)n34)CC2)cc1. The number of rotatable bonds is 5. The highest BCUT2D eigenvalue weighted by Gasteiger charge is 2.26. The van der Waals surface area contributed by atoms with Crippen LogP contribution in [0.3, 0.4) is 0 Å². The van der Waals surface area contributed by atoms with Crippen molar-refractivity contribution >= 4 is 28.4 Å². The minimum atomic E-state index is 0.0142. The first kappa shape index (κ1) is 22.8. The number of benzene rings is 3. The summed E-state index contributed by atoms with van der Waals surface area (Å²) >= 11 is 0. The van der Waals surface area contributed by atoms with Crippen LogP contribution in [-0.2, 0) is 0 Å². The van der Waals surface area contributed by atoms with Crippen molar-refractivity contribution < 1.29 is 14.3 Å². The molecule has 9 heteroatoms. The molecule has 186 valence electrons. The number of hydrogen-bond donors (Lipinski definition) is 0. The van der Waals surface area contributed by atoms with Crippen LogP contribution in [0.25, 0.3) is 27.9 Å². The van der Waals surface area contributed by atoms with Gasteiger partial charge in [-0.3, -0.25) is 4.79 Å². The van der Waals surface area contributed by atoms with Crippen LogP contribution in [0.4, 0.5) is 5.95 Å². The third-order valence-electron chi connectivity index (χ3n) is 6.74. The minimum absolute atomic E-state index is 0.0142. The monoisotopic (exact) mass is 494 g/mol. The van der Waals surface area contributed by atoms with Gasteiger partial charge in [-0.15, -0.1) is 10.2 Å². The normalized spacial score (nSPS) is 13.8. The average molecular weight is 495 g/mol. The summed E-state index contributed by atoms with van der Waals surface area (Å²) in [6.07, 6.45) is 0. The largest absolute Gasteiger partial charge is 0.497 e. The molecule has 0 atom stereocenters. The molecule has 9 nitrogen and oxygen atoms in total. The molecule has 5 aromatic rings. The van der Waals surface area contributed by atoms with Crippen LogP contribution in [0.15, 0.2) is 72.8 Å². The number of aromatic nitrogens is 4. The molecule has 6 rings (SSSR count). The van der Waals surface area contributed by atoms with Crippen LogP contribution in [-0.4, -0.2) is 70.8 Å². The van der Waals surface area contributed by atoms with Gasteiger partial charge in [0.15, 0.2) is 11.5 Å².